The minimum atomic E-state index is -4.41. The SMILES string of the molecule is Cc1ncsc1-c1ccc(CNC(=O)[C@@H]2C[C@@H](C(CC(=O)O)(C(=O)O)N3C(=O)CCC3=O)CN2C(=O)[C@@H](NC(=O)CN2CC(N3CCN(c4ccc(-c5cnc6[nH]cc(C(=O)c7c(F)ccc(NS(=O)(=O)N8CC[C@@H](F)C8)c7F)c6c5)cc4)CC3)C2)C(C)(C)C)cc1. The fourth-order valence-electron chi connectivity index (χ4n) is 13.1. The maximum atomic E-state index is 15.9. The fraction of sp³-hybridized carbons (Fsp3) is 0.429. The second-order valence-corrected chi connectivity index (χ2v) is 27.6. The topological polar surface area (TPSA) is 308 Å². The molecule has 5 fully saturated rings. The Morgan fingerprint density at radius 2 is 1.53 bits per heavy atom. The number of aryl methyl sites for hydroxylation is 1. The average molecular weight is 1310 g/mol. The number of alkyl halides is 1. The van der Waals surface area contributed by atoms with Crippen molar-refractivity contribution < 1.29 is 70.2 Å². The molecule has 5 aliphatic heterocycles. The first-order valence-corrected chi connectivity index (χ1v) is 32.4. The number of piperazine rings is 1. The molecule has 5 aliphatic rings. The van der Waals surface area contributed by atoms with Gasteiger partial charge in [0.15, 0.2) is 11.4 Å². The molecular weight excluding hydrogens is 1240 g/mol. The number of anilines is 2. The molecular formula is C63H69F3N12O12S2. The predicted octanol–water partition coefficient (Wildman–Crippen LogP) is 5.19. The Morgan fingerprint density at radius 3 is 2.15 bits per heavy atom. The Hall–Kier alpha value is -8.64. The molecule has 29 heteroatoms. The molecule has 5 atom stereocenters. The number of carboxylic acids is 2. The van der Waals surface area contributed by atoms with E-state index in [0.717, 1.165) is 48.7 Å². The summed E-state index contributed by atoms with van der Waals surface area (Å²) < 4.78 is 73.6. The highest BCUT2D eigenvalue weighted by Gasteiger charge is 2.62. The number of carboxylic acid groups (broad SMARTS) is 2. The Kier molecular flexibility index (Phi) is 18.2. The molecule has 0 aliphatic carbocycles. The Bertz CT molecular complexity index is 4000. The highest BCUT2D eigenvalue weighted by molar-refractivity contribution is 7.90. The number of aromatic nitrogens is 3. The number of benzene rings is 3. The van der Waals surface area contributed by atoms with Crippen LogP contribution in [0.4, 0.5) is 24.5 Å². The van der Waals surface area contributed by atoms with Crippen LogP contribution in [0.15, 0.2) is 84.6 Å². The summed E-state index contributed by atoms with van der Waals surface area (Å²) in [6, 6.07) is 15.9. The number of amides is 5. The largest absolute Gasteiger partial charge is 0.481 e. The number of aliphatic carboxylic acids is 2. The minimum Gasteiger partial charge on any atom is -0.481 e. The van der Waals surface area contributed by atoms with Crippen LogP contribution in [0.2, 0.25) is 0 Å². The van der Waals surface area contributed by atoms with E-state index in [1.165, 1.54) is 17.5 Å². The normalized spacial score (nSPS) is 20.5. The zero-order valence-corrected chi connectivity index (χ0v) is 52.4. The minimum absolute atomic E-state index is 0.00239. The van der Waals surface area contributed by atoms with Crippen molar-refractivity contribution in [3.8, 4) is 21.6 Å². The van der Waals surface area contributed by atoms with E-state index in [0.29, 0.717) is 55.3 Å². The highest BCUT2D eigenvalue weighted by atomic mass is 32.2. The molecule has 0 bridgehead atoms. The number of imide groups is 1. The fourth-order valence-corrected chi connectivity index (χ4v) is 15.2. The molecule has 3 aromatic carbocycles. The van der Waals surface area contributed by atoms with Gasteiger partial charge >= 0.3 is 22.1 Å². The molecule has 8 heterocycles. The summed E-state index contributed by atoms with van der Waals surface area (Å²) in [5.74, 6) is -12.2. The molecule has 24 nitrogen and oxygen atoms in total. The number of carbonyl (C=O) groups excluding carboxylic acids is 6. The lowest BCUT2D eigenvalue weighted by molar-refractivity contribution is -0.171. The number of rotatable bonds is 21. The number of nitrogens with one attached hydrogen (secondary N) is 4. The van der Waals surface area contributed by atoms with Crippen LogP contribution in [0, 0.1) is 29.9 Å². The zero-order valence-electron chi connectivity index (χ0n) is 50.8. The summed E-state index contributed by atoms with van der Waals surface area (Å²) in [6.07, 6.45) is -0.831. The molecule has 1 unspecified atom stereocenters. The third kappa shape index (κ3) is 13.0. The van der Waals surface area contributed by atoms with Gasteiger partial charge in [-0.2, -0.15) is 12.7 Å². The predicted molar refractivity (Wildman–Crippen MR) is 332 cm³/mol. The third-order valence-electron chi connectivity index (χ3n) is 18.1. The van der Waals surface area contributed by atoms with E-state index in [1.807, 2.05) is 65.1 Å². The summed E-state index contributed by atoms with van der Waals surface area (Å²) in [5.41, 5.74) is 1.40. The van der Waals surface area contributed by atoms with Gasteiger partial charge in [-0.25, -0.2) is 27.9 Å². The number of hydrogen-bond acceptors (Lipinski definition) is 16. The van der Waals surface area contributed by atoms with Crippen molar-refractivity contribution in [3.63, 3.8) is 0 Å². The van der Waals surface area contributed by atoms with E-state index in [4.69, 9.17) is 0 Å². The van der Waals surface area contributed by atoms with Gasteiger partial charge in [0.05, 0.1) is 40.3 Å². The second kappa shape index (κ2) is 25.8. The molecule has 6 aromatic rings. The monoisotopic (exact) mass is 1310 g/mol. The summed E-state index contributed by atoms with van der Waals surface area (Å²) in [4.78, 5) is 131. The van der Waals surface area contributed by atoms with Crippen LogP contribution >= 0.6 is 11.3 Å². The van der Waals surface area contributed by atoms with Gasteiger partial charge in [0.1, 0.15) is 29.7 Å². The van der Waals surface area contributed by atoms with E-state index >= 15 is 13.6 Å². The number of hydrogen-bond donors (Lipinski definition) is 6. The van der Waals surface area contributed by atoms with Crippen molar-refractivity contribution in [2.24, 2.45) is 11.3 Å². The summed E-state index contributed by atoms with van der Waals surface area (Å²) >= 11 is 1.48. The summed E-state index contributed by atoms with van der Waals surface area (Å²) in [6.45, 7) is 9.83. The lowest BCUT2D eigenvalue weighted by Crippen LogP contribution is -2.65. The van der Waals surface area contributed by atoms with Crippen molar-refractivity contribution in [1.82, 2.24) is 49.5 Å². The lowest BCUT2D eigenvalue weighted by atomic mass is 9.77. The number of fused-ring (bicyclic) bond motifs is 1. The van der Waals surface area contributed by atoms with Crippen molar-refractivity contribution in [3.05, 3.63) is 119 Å². The summed E-state index contributed by atoms with van der Waals surface area (Å²) in [7, 11) is -4.41. The van der Waals surface area contributed by atoms with Gasteiger partial charge in [0.25, 0.3) is 0 Å². The second-order valence-electron chi connectivity index (χ2n) is 25.1. The molecule has 3 aromatic heterocycles. The third-order valence-corrected chi connectivity index (χ3v) is 20.6. The molecule has 92 heavy (non-hydrogen) atoms. The first kappa shape index (κ1) is 64.9. The van der Waals surface area contributed by atoms with E-state index in [1.54, 1.807) is 38.5 Å². The van der Waals surface area contributed by atoms with Gasteiger partial charge in [-0.1, -0.05) is 57.2 Å². The zero-order chi connectivity index (χ0) is 65.7. The quantitative estimate of drug-likeness (QED) is 0.0399. The Labute approximate surface area is 531 Å². The number of H-pyrrole nitrogens is 1. The van der Waals surface area contributed by atoms with Gasteiger partial charge in [0.2, 0.25) is 35.3 Å². The van der Waals surface area contributed by atoms with Crippen LogP contribution in [-0.4, -0.2) is 200 Å². The number of halogens is 3. The smallest absolute Gasteiger partial charge is 0.331 e. The van der Waals surface area contributed by atoms with Crippen molar-refractivity contribution in [1.29, 1.82) is 0 Å². The van der Waals surface area contributed by atoms with Crippen molar-refractivity contribution >= 4 is 91.2 Å². The van der Waals surface area contributed by atoms with Crippen LogP contribution < -0.4 is 20.3 Å². The molecule has 486 valence electrons. The van der Waals surface area contributed by atoms with E-state index in [9.17, 15) is 56.6 Å². The van der Waals surface area contributed by atoms with E-state index in [-0.39, 0.29) is 61.5 Å². The van der Waals surface area contributed by atoms with Crippen LogP contribution in [-0.2, 0) is 50.3 Å². The summed E-state index contributed by atoms with van der Waals surface area (Å²) in [5, 5.41) is 27.1. The van der Waals surface area contributed by atoms with Crippen LogP contribution in [0.1, 0.15) is 80.1 Å². The lowest BCUT2D eigenvalue weighted by Gasteiger charge is -2.48. The van der Waals surface area contributed by atoms with E-state index in [2.05, 4.69) is 35.4 Å². The molecule has 5 saturated heterocycles. The van der Waals surface area contributed by atoms with Gasteiger partial charge in [-0.15, -0.1) is 11.3 Å². The maximum Gasteiger partial charge on any atom is 0.331 e. The number of ketones is 1. The van der Waals surface area contributed by atoms with Gasteiger partial charge in [-0.3, -0.25) is 53.0 Å². The van der Waals surface area contributed by atoms with Crippen molar-refractivity contribution in [2.75, 3.05) is 75.1 Å². The molecule has 0 radical (unpaired) electrons. The molecule has 6 N–H and O–H groups in total. The average Bonchev–Trinajstić information content (AvgIpc) is 1.55. The standard InChI is InChI=1S/C63H69F3N12O12S2/c1-35-56(91-34-70-35)38-7-5-36(6-8-38)26-69-59(85)48-24-40(63(61(87)88,25-52(82)83)78-50(80)15-16-51(78)81)29-77(48)60(86)57(62(2,3)4)71-49(79)33-73-31-43(32-73)75-21-19-74(20-22-75)42-11-9-37(10-12-42)39-23-44-45(28-68-58(44)67-27-39)55(84)53-46(65)13-14-47(54(53)66)72-92(89,90)76-18-17-41(64)30-76/h5-14,23,27-28,34,40-41,43,48,57,72H,15-22,24-26,29-33H2,1-4H3,(H,67,68)(H,69,85)(H,71,79)(H,82,83)(H,87,88)/t40-,41-,48+,57-,63?/m1/s1. The van der Waals surface area contributed by atoms with E-state index < -0.39 is 141 Å². The molecule has 5 amide bonds. The first-order valence-electron chi connectivity index (χ1n) is 30.1. The maximum absolute atomic E-state index is 15.9. The van der Waals surface area contributed by atoms with Gasteiger partial charge < -0.3 is 35.6 Å². The van der Waals surface area contributed by atoms with Crippen LogP contribution in [0.25, 0.3) is 32.6 Å². The number of likely N-dealkylation sites (tertiary alicyclic amines) is 3. The number of aromatic amines is 1. The van der Waals surface area contributed by atoms with Gasteiger partial charge in [-0.05, 0) is 72.2 Å². The van der Waals surface area contributed by atoms with Crippen LogP contribution in [0.3, 0.4) is 0 Å². The highest BCUT2D eigenvalue weighted by Crippen LogP contribution is 2.43. The Balaban J connectivity index is 0.709. The molecule has 11 rings (SSSR count). The molecule has 0 spiro atoms. The molecule has 0 saturated carbocycles. The first-order chi connectivity index (χ1) is 43.7. The number of thiazole rings is 1. The van der Waals surface area contributed by atoms with Crippen LogP contribution in [0.5, 0.6) is 0 Å². The number of pyridine rings is 1. The number of carbonyl (C=O) groups is 8. The van der Waals surface area contributed by atoms with Crippen molar-refractivity contribution in [2.45, 2.75) is 96.2 Å². The Morgan fingerprint density at radius 1 is 0.848 bits per heavy atom. The number of nitrogens with zero attached hydrogens (tertiary/aromatic N) is 8. The van der Waals surface area contributed by atoms with Gasteiger partial charge in [0, 0.05) is 125 Å².